The van der Waals surface area contributed by atoms with E-state index in [0.717, 1.165) is 30.8 Å². The fourth-order valence-electron chi connectivity index (χ4n) is 3.45. The van der Waals surface area contributed by atoms with Gasteiger partial charge < -0.3 is 15.5 Å². The van der Waals surface area contributed by atoms with Crippen LogP contribution in [0.2, 0.25) is 0 Å². The Kier molecular flexibility index (Phi) is 7.65. The highest BCUT2D eigenvalue weighted by Gasteiger charge is 2.16. The average Bonchev–Trinajstić information content (AvgIpc) is 3.18. The summed E-state index contributed by atoms with van der Waals surface area (Å²) in [6, 6.07) is 9.00. The Labute approximate surface area is 162 Å². The molecule has 2 fully saturated rings. The van der Waals surface area contributed by atoms with Gasteiger partial charge in [0.1, 0.15) is 0 Å². The lowest BCUT2D eigenvalue weighted by Crippen LogP contribution is -2.43. The predicted molar refractivity (Wildman–Crippen MR) is 113 cm³/mol. The molecule has 1 aromatic rings. The number of hydrogen-bond donors (Lipinski definition) is 2. The number of nitrogens with zero attached hydrogens (tertiary/aromatic N) is 3. The summed E-state index contributed by atoms with van der Waals surface area (Å²) in [5.41, 5.74) is 2.70. The maximum Gasteiger partial charge on any atom is 0.191 e. The summed E-state index contributed by atoms with van der Waals surface area (Å²) in [6.45, 7) is 7.56. The van der Waals surface area contributed by atoms with Gasteiger partial charge in [-0.05, 0) is 36.8 Å². The summed E-state index contributed by atoms with van der Waals surface area (Å²) < 4.78 is 0. The van der Waals surface area contributed by atoms with Crippen LogP contribution < -0.4 is 10.6 Å². The molecule has 0 spiro atoms. The molecule has 1 aromatic carbocycles. The van der Waals surface area contributed by atoms with Crippen LogP contribution in [-0.2, 0) is 13.1 Å². The smallest absolute Gasteiger partial charge is 0.191 e. The first-order valence-electron chi connectivity index (χ1n) is 9.78. The van der Waals surface area contributed by atoms with Gasteiger partial charge in [0.15, 0.2) is 5.96 Å². The van der Waals surface area contributed by atoms with E-state index in [0.29, 0.717) is 0 Å². The van der Waals surface area contributed by atoms with E-state index in [1.165, 1.54) is 55.9 Å². The Morgan fingerprint density at radius 3 is 2.50 bits per heavy atom. The standard InChI is InChI=1S/C20H33N5S/c1-21-20(23-15-19-4-3-13-26-19)22-14-17-5-7-18(8-6-17)16-25-11-9-24(2)10-12-25/h5-8,19H,3-4,9-16H2,1-2H3,(H2,21,22,23). The maximum atomic E-state index is 4.34. The van der Waals surface area contributed by atoms with Crippen LogP contribution in [0, 0.1) is 0 Å². The van der Waals surface area contributed by atoms with Crippen molar-refractivity contribution in [2.45, 2.75) is 31.2 Å². The van der Waals surface area contributed by atoms with Crippen LogP contribution in [0.25, 0.3) is 0 Å². The van der Waals surface area contributed by atoms with E-state index in [1.54, 1.807) is 0 Å². The van der Waals surface area contributed by atoms with E-state index in [4.69, 9.17) is 0 Å². The number of nitrogens with one attached hydrogen (secondary N) is 2. The Bertz CT molecular complexity index is 560. The Morgan fingerprint density at radius 2 is 1.85 bits per heavy atom. The van der Waals surface area contributed by atoms with Crippen LogP contribution in [-0.4, -0.2) is 73.6 Å². The minimum absolute atomic E-state index is 0.738. The van der Waals surface area contributed by atoms with Crippen molar-refractivity contribution in [3.63, 3.8) is 0 Å². The molecule has 0 radical (unpaired) electrons. The fraction of sp³-hybridized carbons (Fsp3) is 0.650. The van der Waals surface area contributed by atoms with Crippen molar-refractivity contribution >= 4 is 17.7 Å². The van der Waals surface area contributed by atoms with Crippen molar-refractivity contribution in [3.8, 4) is 0 Å². The van der Waals surface area contributed by atoms with Crippen molar-refractivity contribution in [2.24, 2.45) is 4.99 Å². The number of hydrogen-bond acceptors (Lipinski definition) is 4. The first-order valence-corrected chi connectivity index (χ1v) is 10.8. The molecule has 0 aromatic heterocycles. The molecule has 2 N–H and O–H groups in total. The molecule has 144 valence electrons. The second-order valence-corrected chi connectivity index (χ2v) is 8.75. The van der Waals surface area contributed by atoms with E-state index in [2.05, 4.69) is 68.5 Å². The zero-order chi connectivity index (χ0) is 18.2. The number of thioether (sulfide) groups is 1. The third kappa shape index (κ3) is 6.18. The van der Waals surface area contributed by atoms with Crippen molar-refractivity contribution < 1.29 is 0 Å². The van der Waals surface area contributed by atoms with E-state index in [9.17, 15) is 0 Å². The van der Waals surface area contributed by atoms with Gasteiger partial charge in [0, 0.05) is 58.1 Å². The molecular formula is C20H33N5S. The van der Waals surface area contributed by atoms with Gasteiger partial charge >= 0.3 is 0 Å². The lowest BCUT2D eigenvalue weighted by molar-refractivity contribution is 0.148. The minimum Gasteiger partial charge on any atom is -0.355 e. The second-order valence-electron chi connectivity index (χ2n) is 7.34. The van der Waals surface area contributed by atoms with Crippen LogP contribution in [0.3, 0.4) is 0 Å². The van der Waals surface area contributed by atoms with Crippen LogP contribution in [0.5, 0.6) is 0 Å². The minimum atomic E-state index is 0.738. The summed E-state index contributed by atoms with van der Waals surface area (Å²) in [6.07, 6.45) is 2.67. The van der Waals surface area contributed by atoms with Crippen LogP contribution in [0.15, 0.2) is 29.3 Å². The van der Waals surface area contributed by atoms with E-state index in [-0.39, 0.29) is 0 Å². The molecule has 3 rings (SSSR count). The Hall–Kier alpha value is -1.24. The fourth-order valence-corrected chi connectivity index (χ4v) is 4.65. The van der Waals surface area contributed by atoms with Gasteiger partial charge in [0.05, 0.1) is 0 Å². The number of aliphatic imine (C=N–C) groups is 1. The molecule has 2 heterocycles. The van der Waals surface area contributed by atoms with Gasteiger partial charge in [-0.15, -0.1) is 0 Å². The number of benzene rings is 1. The quantitative estimate of drug-likeness (QED) is 0.588. The molecule has 5 nitrogen and oxygen atoms in total. The summed E-state index contributed by atoms with van der Waals surface area (Å²) in [7, 11) is 4.05. The lowest BCUT2D eigenvalue weighted by Gasteiger charge is -2.32. The molecule has 2 saturated heterocycles. The SMILES string of the molecule is CN=C(NCc1ccc(CN2CCN(C)CC2)cc1)NCC1CCCS1. The lowest BCUT2D eigenvalue weighted by atomic mass is 10.1. The summed E-state index contributed by atoms with van der Waals surface area (Å²) in [5.74, 6) is 2.21. The molecule has 2 aliphatic heterocycles. The predicted octanol–water partition coefficient (Wildman–Crippen LogP) is 1.99. The number of likely N-dealkylation sites (N-methyl/N-ethyl adjacent to an activating group) is 1. The Morgan fingerprint density at radius 1 is 1.12 bits per heavy atom. The highest BCUT2D eigenvalue weighted by atomic mass is 32.2. The maximum absolute atomic E-state index is 4.34. The van der Waals surface area contributed by atoms with Crippen LogP contribution in [0.1, 0.15) is 24.0 Å². The van der Waals surface area contributed by atoms with Gasteiger partial charge in [-0.1, -0.05) is 24.3 Å². The van der Waals surface area contributed by atoms with Gasteiger partial charge in [0.2, 0.25) is 0 Å². The monoisotopic (exact) mass is 375 g/mol. The van der Waals surface area contributed by atoms with Crippen LogP contribution >= 0.6 is 11.8 Å². The first kappa shape index (κ1) is 19.5. The Balaban J connectivity index is 1.40. The highest BCUT2D eigenvalue weighted by Crippen LogP contribution is 2.25. The molecule has 0 aliphatic carbocycles. The number of guanidine groups is 1. The molecule has 6 heteroatoms. The van der Waals surface area contributed by atoms with E-state index >= 15 is 0 Å². The molecular weight excluding hydrogens is 342 g/mol. The van der Waals surface area contributed by atoms with Crippen molar-refractivity contribution in [3.05, 3.63) is 35.4 Å². The average molecular weight is 376 g/mol. The van der Waals surface area contributed by atoms with Crippen LogP contribution in [0.4, 0.5) is 0 Å². The number of rotatable bonds is 6. The van der Waals surface area contributed by atoms with E-state index in [1.807, 2.05) is 7.05 Å². The van der Waals surface area contributed by atoms with Gasteiger partial charge in [-0.25, -0.2) is 0 Å². The molecule has 0 bridgehead atoms. The van der Waals surface area contributed by atoms with E-state index < -0.39 is 0 Å². The summed E-state index contributed by atoms with van der Waals surface area (Å²) >= 11 is 2.07. The first-order chi connectivity index (χ1) is 12.7. The normalized spacial score (nSPS) is 22.5. The third-order valence-corrected chi connectivity index (χ3v) is 6.63. The van der Waals surface area contributed by atoms with Crippen molar-refractivity contribution in [1.29, 1.82) is 0 Å². The molecule has 0 amide bonds. The molecule has 2 aliphatic rings. The largest absolute Gasteiger partial charge is 0.355 e. The topological polar surface area (TPSA) is 42.9 Å². The molecule has 26 heavy (non-hydrogen) atoms. The molecule has 0 saturated carbocycles. The molecule has 1 unspecified atom stereocenters. The van der Waals surface area contributed by atoms with Crippen molar-refractivity contribution in [2.75, 3.05) is 52.6 Å². The van der Waals surface area contributed by atoms with Gasteiger partial charge in [0.25, 0.3) is 0 Å². The highest BCUT2D eigenvalue weighted by molar-refractivity contribution is 8.00. The van der Waals surface area contributed by atoms with Gasteiger partial charge in [-0.3, -0.25) is 9.89 Å². The van der Waals surface area contributed by atoms with Crippen molar-refractivity contribution in [1.82, 2.24) is 20.4 Å². The summed E-state index contributed by atoms with van der Waals surface area (Å²) in [5, 5.41) is 7.63. The zero-order valence-corrected chi connectivity index (χ0v) is 17.0. The number of piperazine rings is 1. The molecule has 1 atom stereocenters. The third-order valence-electron chi connectivity index (χ3n) is 5.23. The second kappa shape index (κ2) is 10.2. The van der Waals surface area contributed by atoms with Gasteiger partial charge in [-0.2, -0.15) is 11.8 Å². The zero-order valence-electron chi connectivity index (χ0n) is 16.2. The summed E-state index contributed by atoms with van der Waals surface area (Å²) in [4.78, 5) is 9.28.